The molecule has 0 fully saturated rings. The van der Waals surface area contributed by atoms with Gasteiger partial charge in [0.2, 0.25) is 0 Å². The zero-order valence-corrected chi connectivity index (χ0v) is 8.93. The van der Waals surface area contributed by atoms with Gasteiger partial charge in [0.1, 0.15) is 0 Å². The van der Waals surface area contributed by atoms with Crippen LogP contribution in [0.2, 0.25) is 0 Å². The summed E-state index contributed by atoms with van der Waals surface area (Å²) in [5, 5.41) is 4.36. The van der Waals surface area contributed by atoms with Crippen molar-refractivity contribution < 1.29 is 0 Å². The van der Waals surface area contributed by atoms with Gasteiger partial charge in [-0.25, -0.2) is 0 Å². The second-order valence-electron chi connectivity index (χ2n) is 4.20. The topological polar surface area (TPSA) is 24.4 Å². The first-order chi connectivity index (χ1) is 6.18. The van der Waals surface area contributed by atoms with Crippen molar-refractivity contribution in [3.05, 3.63) is 11.6 Å². The summed E-state index contributed by atoms with van der Waals surface area (Å²) in [7, 11) is 0. The van der Waals surface area contributed by atoms with E-state index < -0.39 is 0 Å². The van der Waals surface area contributed by atoms with Crippen LogP contribution in [0.1, 0.15) is 40.0 Å². The van der Waals surface area contributed by atoms with Crippen LogP contribution < -0.4 is 5.43 Å². The highest BCUT2D eigenvalue weighted by molar-refractivity contribution is 5.96. The van der Waals surface area contributed by atoms with Crippen LogP contribution in [-0.4, -0.2) is 12.3 Å². The molecule has 0 heterocycles. The molecule has 1 aliphatic rings. The van der Waals surface area contributed by atoms with E-state index in [1.807, 2.05) is 0 Å². The minimum Gasteiger partial charge on any atom is -0.310 e. The van der Waals surface area contributed by atoms with Crippen LogP contribution in [0.25, 0.3) is 0 Å². The standard InChI is InChI=1S/C11H20N2/c1-9(2)8-12-13-11-6-4-5-10(3)7-11/h7,9,12H,4-6,8H2,1-3H3/b13-11+. The Kier molecular flexibility index (Phi) is 4.00. The Morgan fingerprint density at radius 1 is 1.46 bits per heavy atom. The van der Waals surface area contributed by atoms with Gasteiger partial charge in [0.25, 0.3) is 0 Å². The van der Waals surface area contributed by atoms with E-state index in [2.05, 4.69) is 37.4 Å². The van der Waals surface area contributed by atoms with Crippen LogP contribution in [0.3, 0.4) is 0 Å². The number of allylic oxidation sites excluding steroid dienone is 2. The molecule has 0 spiro atoms. The maximum Gasteiger partial charge on any atom is 0.0602 e. The normalized spacial score (nSPS) is 20.6. The third-order valence-corrected chi connectivity index (χ3v) is 2.14. The summed E-state index contributed by atoms with van der Waals surface area (Å²) in [6.45, 7) is 7.53. The highest BCUT2D eigenvalue weighted by atomic mass is 15.3. The average molecular weight is 180 g/mol. The van der Waals surface area contributed by atoms with Gasteiger partial charge in [0.05, 0.1) is 5.71 Å². The molecule has 0 radical (unpaired) electrons. The van der Waals surface area contributed by atoms with Gasteiger partial charge in [-0.15, -0.1) is 0 Å². The van der Waals surface area contributed by atoms with E-state index in [4.69, 9.17) is 0 Å². The Bertz CT molecular complexity index is 214. The van der Waals surface area contributed by atoms with E-state index in [1.54, 1.807) is 0 Å². The summed E-state index contributed by atoms with van der Waals surface area (Å²) >= 11 is 0. The zero-order valence-electron chi connectivity index (χ0n) is 8.93. The molecule has 0 aromatic rings. The van der Waals surface area contributed by atoms with Gasteiger partial charge in [-0.3, -0.25) is 0 Å². The average Bonchev–Trinajstić information content (AvgIpc) is 2.03. The van der Waals surface area contributed by atoms with E-state index in [1.165, 1.54) is 24.1 Å². The minimum absolute atomic E-state index is 0.665. The number of nitrogens with zero attached hydrogens (tertiary/aromatic N) is 1. The molecule has 0 saturated carbocycles. The molecular formula is C11H20N2. The molecule has 1 rings (SSSR count). The fourth-order valence-electron chi connectivity index (χ4n) is 1.40. The fraction of sp³-hybridized carbons (Fsp3) is 0.727. The Morgan fingerprint density at radius 2 is 2.23 bits per heavy atom. The molecule has 0 aromatic carbocycles. The first-order valence-electron chi connectivity index (χ1n) is 5.15. The molecule has 0 bridgehead atoms. The van der Waals surface area contributed by atoms with Gasteiger partial charge in [-0.2, -0.15) is 5.10 Å². The zero-order chi connectivity index (χ0) is 9.68. The summed E-state index contributed by atoms with van der Waals surface area (Å²) in [4.78, 5) is 0. The quantitative estimate of drug-likeness (QED) is 0.663. The molecule has 1 N–H and O–H groups in total. The monoisotopic (exact) mass is 180 g/mol. The molecule has 0 unspecified atom stereocenters. The van der Waals surface area contributed by atoms with Gasteiger partial charge in [-0.1, -0.05) is 19.4 Å². The highest BCUT2D eigenvalue weighted by Crippen LogP contribution is 2.14. The van der Waals surface area contributed by atoms with Crippen LogP contribution in [0.15, 0.2) is 16.8 Å². The molecule has 2 nitrogen and oxygen atoms in total. The second kappa shape index (κ2) is 5.05. The lowest BCUT2D eigenvalue weighted by Gasteiger charge is -2.11. The van der Waals surface area contributed by atoms with E-state index in [0.29, 0.717) is 5.92 Å². The smallest absolute Gasteiger partial charge is 0.0602 e. The molecule has 1 aliphatic carbocycles. The van der Waals surface area contributed by atoms with Gasteiger partial charge < -0.3 is 5.43 Å². The minimum atomic E-state index is 0.665. The predicted octanol–water partition coefficient (Wildman–Crippen LogP) is 2.72. The number of hydrogen-bond donors (Lipinski definition) is 1. The van der Waals surface area contributed by atoms with E-state index in [-0.39, 0.29) is 0 Å². The van der Waals surface area contributed by atoms with Crippen molar-refractivity contribution in [2.24, 2.45) is 11.0 Å². The maximum atomic E-state index is 4.36. The molecular weight excluding hydrogens is 160 g/mol. The molecule has 13 heavy (non-hydrogen) atoms. The summed E-state index contributed by atoms with van der Waals surface area (Å²) in [6, 6.07) is 0. The Hall–Kier alpha value is -0.790. The van der Waals surface area contributed by atoms with E-state index >= 15 is 0 Å². The predicted molar refractivity (Wildman–Crippen MR) is 57.9 cm³/mol. The third-order valence-electron chi connectivity index (χ3n) is 2.14. The van der Waals surface area contributed by atoms with Crippen LogP contribution in [0.5, 0.6) is 0 Å². The Labute approximate surface area is 81.1 Å². The molecule has 0 saturated heterocycles. The highest BCUT2D eigenvalue weighted by Gasteiger charge is 2.04. The number of hydrogen-bond acceptors (Lipinski definition) is 2. The SMILES string of the molecule is CC1=C/C(=N/NCC(C)C)CCC1. The van der Waals surface area contributed by atoms with Crippen molar-refractivity contribution in [1.82, 2.24) is 5.43 Å². The van der Waals surface area contributed by atoms with Crippen molar-refractivity contribution in [2.45, 2.75) is 40.0 Å². The largest absolute Gasteiger partial charge is 0.310 e. The molecule has 0 aromatic heterocycles. The molecule has 0 atom stereocenters. The van der Waals surface area contributed by atoms with Gasteiger partial charge in [0.15, 0.2) is 0 Å². The van der Waals surface area contributed by atoms with Crippen molar-refractivity contribution in [3.63, 3.8) is 0 Å². The van der Waals surface area contributed by atoms with Gasteiger partial charge in [0, 0.05) is 6.54 Å². The van der Waals surface area contributed by atoms with E-state index in [0.717, 1.165) is 13.0 Å². The lowest BCUT2D eigenvalue weighted by atomic mass is 10.00. The van der Waals surface area contributed by atoms with Crippen molar-refractivity contribution in [3.8, 4) is 0 Å². The third kappa shape index (κ3) is 4.11. The second-order valence-corrected chi connectivity index (χ2v) is 4.20. The van der Waals surface area contributed by atoms with Crippen molar-refractivity contribution in [1.29, 1.82) is 0 Å². The summed E-state index contributed by atoms with van der Waals surface area (Å²) in [5.41, 5.74) is 5.79. The summed E-state index contributed by atoms with van der Waals surface area (Å²) in [5.74, 6) is 0.665. The summed E-state index contributed by atoms with van der Waals surface area (Å²) < 4.78 is 0. The first-order valence-corrected chi connectivity index (χ1v) is 5.15. The van der Waals surface area contributed by atoms with Gasteiger partial charge in [-0.05, 0) is 38.2 Å². The number of rotatable bonds is 3. The maximum absolute atomic E-state index is 4.36. The van der Waals surface area contributed by atoms with Crippen LogP contribution in [0, 0.1) is 5.92 Å². The molecule has 0 aliphatic heterocycles. The number of hydrazone groups is 1. The summed E-state index contributed by atoms with van der Waals surface area (Å²) in [6.07, 6.45) is 5.83. The first kappa shape index (κ1) is 10.3. The molecule has 2 heteroatoms. The lowest BCUT2D eigenvalue weighted by molar-refractivity contribution is 0.569. The van der Waals surface area contributed by atoms with Crippen LogP contribution in [-0.2, 0) is 0 Å². The van der Waals surface area contributed by atoms with Crippen molar-refractivity contribution >= 4 is 5.71 Å². The van der Waals surface area contributed by atoms with Crippen LogP contribution in [0.4, 0.5) is 0 Å². The Morgan fingerprint density at radius 3 is 2.85 bits per heavy atom. The molecule has 0 amide bonds. The van der Waals surface area contributed by atoms with Crippen molar-refractivity contribution in [2.75, 3.05) is 6.54 Å². The number of nitrogens with one attached hydrogen (secondary N) is 1. The fourth-order valence-corrected chi connectivity index (χ4v) is 1.40. The van der Waals surface area contributed by atoms with Crippen LogP contribution >= 0.6 is 0 Å². The molecule has 74 valence electrons. The van der Waals surface area contributed by atoms with Gasteiger partial charge >= 0.3 is 0 Å². The lowest BCUT2D eigenvalue weighted by Crippen LogP contribution is -2.16. The Balaban J connectivity index is 2.37. The van der Waals surface area contributed by atoms with E-state index in [9.17, 15) is 0 Å².